The van der Waals surface area contributed by atoms with Crippen molar-refractivity contribution < 1.29 is 5.11 Å². The van der Waals surface area contributed by atoms with Gasteiger partial charge in [-0.25, -0.2) is 0 Å². The van der Waals surface area contributed by atoms with E-state index in [0.717, 1.165) is 31.4 Å². The second-order valence-corrected chi connectivity index (χ2v) is 4.93. The van der Waals surface area contributed by atoms with Gasteiger partial charge < -0.3 is 5.11 Å². The minimum absolute atomic E-state index is 0.181. The molecule has 0 spiro atoms. The first-order chi connectivity index (χ1) is 7.52. The molecule has 0 saturated carbocycles. The Labute approximate surface area is 98.5 Å². The van der Waals surface area contributed by atoms with E-state index < -0.39 is 0 Å². The highest BCUT2D eigenvalue weighted by atomic mass is 16.3. The zero-order valence-electron chi connectivity index (χ0n) is 10.9. The Morgan fingerprint density at radius 1 is 1.44 bits per heavy atom. The van der Waals surface area contributed by atoms with Gasteiger partial charge in [-0.15, -0.1) is 0 Å². The first kappa shape index (κ1) is 13.2. The summed E-state index contributed by atoms with van der Waals surface area (Å²) in [5.41, 5.74) is 2.36. The molecular weight excluding hydrogens is 200 g/mol. The molecule has 1 heterocycles. The van der Waals surface area contributed by atoms with Crippen LogP contribution in [0.4, 0.5) is 0 Å². The summed E-state index contributed by atoms with van der Waals surface area (Å²) < 4.78 is 1.93. The van der Waals surface area contributed by atoms with E-state index in [2.05, 4.69) is 31.9 Å². The standard InChI is InChI=1S/C13H24N2O/c1-5-11-9-12(15(4)14-11)6-7-13(16)8-10(2)3/h9-10,13,16H,5-8H2,1-4H3. The normalized spacial score (nSPS) is 13.4. The summed E-state index contributed by atoms with van der Waals surface area (Å²) in [7, 11) is 1.98. The van der Waals surface area contributed by atoms with E-state index in [0.29, 0.717) is 5.92 Å². The lowest BCUT2D eigenvalue weighted by Gasteiger charge is -2.12. The molecule has 1 atom stereocenters. The van der Waals surface area contributed by atoms with E-state index in [-0.39, 0.29) is 6.10 Å². The Morgan fingerprint density at radius 3 is 2.62 bits per heavy atom. The molecule has 0 aromatic carbocycles. The number of nitrogens with zero attached hydrogens (tertiary/aromatic N) is 2. The summed E-state index contributed by atoms with van der Waals surface area (Å²) in [6, 6.07) is 2.14. The second-order valence-electron chi connectivity index (χ2n) is 4.93. The van der Waals surface area contributed by atoms with Crippen LogP contribution in [0.1, 0.15) is 45.0 Å². The van der Waals surface area contributed by atoms with Gasteiger partial charge in [0, 0.05) is 12.7 Å². The number of aliphatic hydroxyl groups excluding tert-OH is 1. The third kappa shape index (κ3) is 3.97. The monoisotopic (exact) mass is 224 g/mol. The lowest BCUT2D eigenvalue weighted by Crippen LogP contribution is -2.12. The molecule has 0 fully saturated rings. The third-order valence-electron chi connectivity index (χ3n) is 2.87. The predicted octanol–water partition coefficient (Wildman–Crippen LogP) is 2.32. The highest BCUT2D eigenvalue weighted by Crippen LogP contribution is 2.12. The molecule has 1 aromatic rings. The number of hydrogen-bond donors (Lipinski definition) is 1. The maximum absolute atomic E-state index is 9.81. The van der Waals surface area contributed by atoms with Crippen LogP contribution in [-0.4, -0.2) is 21.0 Å². The van der Waals surface area contributed by atoms with Crippen molar-refractivity contribution in [1.82, 2.24) is 9.78 Å². The zero-order valence-corrected chi connectivity index (χ0v) is 10.9. The molecule has 1 rings (SSSR count). The molecule has 0 saturated heterocycles. The minimum atomic E-state index is -0.181. The molecular formula is C13H24N2O. The van der Waals surface area contributed by atoms with Gasteiger partial charge in [-0.1, -0.05) is 20.8 Å². The number of hydrogen-bond acceptors (Lipinski definition) is 2. The van der Waals surface area contributed by atoms with Crippen LogP contribution in [0.3, 0.4) is 0 Å². The molecule has 16 heavy (non-hydrogen) atoms. The number of rotatable bonds is 6. The largest absolute Gasteiger partial charge is 0.393 e. The van der Waals surface area contributed by atoms with Crippen molar-refractivity contribution in [3.8, 4) is 0 Å². The van der Waals surface area contributed by atoms with Crippen molar-refractivity contribution in [1.29, 1.82) is 0 Å². The van der Waals surface area contributed by atoms with Crippen LogP contribution in [0, 0.1) is 5.92 Å². The van der Waals surface area contributed by atoms with Gasteiger partial charge in [0.15, 0.2) is 0 Å². The van der Waals surface area contributed by atoms with E-state index >= 15 is 0 Å². The molecule has 92 valence electrons. The fourth-order valence-electron chi connectivity index (χ4n) is 1.95. The van der Waals surface area contributed by atoms with E-state index in [4.69, 9.17) is 0 Å². The van der Waals surface area contributed by atoms with Gasteiger partial charge in [-0.2, -0.15) is 5.10 Å². The summed E-state index contributed by atoms with van der Waals surface area (Å²) in [5, 5.41) is 14.2. The van der Waals surface area contributed by atoms with Gasteiger partial charge in [0.2, 0.25) is 0 Å². The summed E-state index contributed by atoms with van der Waals surface area (Å²) in [5.74, 6) is 0.563. The van der Waals surface area contributed by atoms with Crippen LogP contribution in [0.2, 0.25) is 0 Å². The maximum Gasteiger partial charge on any atom is 0.0624 e. The number of aryl methyl sites for hydroxylation is 3. The second kappa shape index (κ2) is 6.04. The fourth-order valence-corrected chi connectivity index (χ4v) is 1.95. The van der Waals surface area contributed by atoms with Crippen molar-refractivity contribution in [2.45, 2.75) is 52.6 Å². The van der Waals surface area contributed by atoms with Crippen LogP contribution in [0.5, 0.6) is 0 Å². The van der Waals surface area contributed by atoms with Crippen molar-refractivity contribution in [2.75, 3.05) is 0 Å². The average Bonchev–Trinajstić information content (AvgIpc) is 2.55. The average molecular weight is 224 g/mol. The van der Waals surface area contributed by atoms with Crippen molar-refractivity contribution in [3.63, 3.8) is 0 Å². The Hall–Kier alpha value is -0.830. The molecule has 0 bridgehead atoms. The lowest BCUT2D eigenvalue weighted by molar-refractivity contribution is 0.139. The molecule has 3 nitrogen and oxygen atoms in total. The molecule has 1 N–H and O–H groups in total. The molecule has 3 heteroatoms. The molecule has 0 aliphatic heterocycles. The van der Waals surface area contributed by atoms with Crippen LogP contribution in [0.15, 0.2) is 6.07 Å². The predicted molar refractivity (Wildman–Crippen MR) is 66.4 cm³/mol. The van der Waals surface area contributed by atoms with Gasteiger partial charge in [0.05, 0.1) is 11.8 Å². The molecule has 1 unspecified atom stereocenters. The van der Waals surface area contributed by atoms with E-state index in [1.54, 1.807) is 0 Å². The van der Waals surface area contributed by atoms with Crippen LogP contribution >= 0.6 is 0 Å². The molecule has 0 aliphatic carbocycles. The number of aliphatic hydroxyl groups is 1. The van der Waals surface area contributed by atoms with Gasteiger partial charge in [0.1, 0.15) is 0 Å². The summed E-state index contributed by atoms with van der Waals surface area (Å²) in [6.45, 7) is 6.39. The smallest absolute Gasteiger partial charge is 0.0624 e. The molecule has 0 aliphatic rings. The van der Waals surface area contributed by atoms with Gasteiger partial charge in [-0.3, -0.25) is 4.68 Å². The van der Waals surface area contributed by atoms with Crippen molar-refractivity contribution in [3.05, 3.63) is 17.5 Å². The molecule has 0 amide bonds. The third-order valence-corrected chi connectivity index (χ3v) is 2.87. The summed E-state index contributed by atoms with van der Waals surface area (Å²) in [4.78, 5) is 0. The van der Waals surface area contributed by atoms with E-state index in [9.17, 15) is 5.11 Å². The van der Waals surface area contributed by atoms with Gasteiger partial charge in [-0.05, 0) is 37.7 Å². The van der Waals surface area contributed by atoms with Crippen LogP contribution < -0.4 is 0 Å². The Morgan fingerprint density at radius 2 is 2.12 bits per heavy atom. The van der Waals surface area contributed by atoms with E-state index in [1.807, 2.05) is 11.7 Å². The minimum Gasteiger partial charge on any atom is -0.393 e. The van der Waals surface area contributed by atoms with Crippen LogP contribution in [-0.2, 0) is 19.9 Å². The summed E-state index contributed by atoms with van der Waals surface area (Å²) in [6.07, 6.45) is 3.43. The van der Waals surface area contributed by atoms with Gasteiger partial charge in [0.25, 0.3) is 0 Å². The number of aromatic nitrogens is 2. The fraction of sp³-hybridized carbons (Fsp3) is 0.769. The van der Waals surface area contributed by atoms with Gasteiger partial charge >= 0.3 is 0 Å². The molecule has 0 radical (unpaired) electrons. The van der Waals surface area contributed by atoms with Crippen molar-refractivity contribution >= 4 is 0 Å². The van der Waals surface area contributed by atoms with Crippen LogP contribution in [0.25, 0.3) is 0 Å². The lowest BCUT2D eigenvalue weighted by atomic mass is 10.0. The zero-order chi connectivity index (χ0) is 12.1. The first-order valence-electron chi connectivity index (χ1n) is 6.22. The Bertz CT molecular complexity index is 318. The molecule has 1 aromatic heterocycles. The maximum atomic E-state index is 9.81. The summed E-state index contributed by atoms with van der Waals surface area (Å²) >= 11 is 0. The Balaban J connectivity index is 2.44. The van der Waals surface area contributed by atoms with E-state index in [1.165, 1.54) is 5.69 Å². The van der Waals surface area contributed by atoms with Crippen molar-refractivity contribution in [2.24, 2.45) is 13.0 Å². The Kier molecular flexibility index (Phi) is 5.00. The highest BCUT2D eigenvalue weighted by Gasteiger charge is 2.09. The topological polar surface area (TPSA) is 38.0 Å². The first-order valence-corrected chi connectivity index (χ1v) is 6.22. The SMILES string of the molecule is CCc1cc(CCC(O)CC(C)C)n(C)n1. The highest BCUT2D eigenvalue weighted by molar-refractivity contribution is 5.10. The quantitative estimate of drug-likeness (QED) is 0.805.